The molecule has 0 saturated carbocycles. The van der Waals surface area contributed by atoms with E-state index in [4.69, 9.17) is 40.5 Å². The number of hydrogen-bond acceptors (Lipinski definition) is 9. The third kappa shape index (κ3) is 16.9. The minimum atomic E-state index is -7.36. The summed E-state index contributed by atoms with van der Waals surface area (Å²) in [5, 5.41) is 27.6. The highest BCUT2D eigenvalue weighted by Crippen LogP contribution is 2.60. The Morgan fingerprint density at radius 1 is 0.447 bits per heavy atom. The Morgan fingerprint density at radius 2 is 0.755 bits per heavy atom. The van der Waals surface area contributed by atoms with Gasteiger partial charge in [0.25, 0.3) is 0 Å². The highest BCUT2D eigenvalue weighted by Gasteiger charge is 2.84. The lowest BCUT2D eigenvalue weighted by Crippen LogP contribution is -2.61. The minimum Gasteiger partial charge on any atom is -0.395 e. The molecule has 0 amide bonds. The van der Waals surface area contributed by atoms with E-state index in [1.807, 2.05) is 0 Å². The van der Waals surface area contributed by atoms with Gasteiger partial charge in [0.2, 0.25) is 11.4 Å². The Hall–Kier alpha value is -7.06. The smallest absolute Gasteiger partial charge is 0.395 e. The molecule has 0 aromatic carbocycles. The molecule has 3 aliphatic rings. The summed E-state index contributed by atoms with van der Waals surface area (Å²) in [5.74, 6) is -59.3. The molecule has 0 aliphatic heterocycles. The molecule has 0 aromatic rings. The molecule has 3 N–H and O–H groups in total. The van der Waals surface area contributed by atoms with Crippen LogP contribution < -0.4 is 16.0 Å². The standard InChI is InChI=1S/C57H60F24N10O3/c1-44(2)24-32(36(31-83)48(60,61)52(68,69)54(72,73)56(76,77)78)35(30-82)37(27-44)88-12-18-92-21-15-91(16-22-93-19-13-89-38-28-45(3,4)25-33(40(38)84-8)42(86-10)49(62,63)51(66,67)47(7,58)59)17-23-94-20-14-90-39-29-46(5,6)26-34(41(39)85-9)43(87-11)50(64,65)53(70,71)55(74,75)57(79,80)81/h88-90H,12-29H2,1-7H3/b36-32+,42-33-,43-34-. The van der Waals surface area contributed by atoms with Gasteiger partial charge >= 0.3 is 65.7 Å². The summed E-state index contributed by atoms with van der Waals surface area (Å²) in [7, 11) is 0. The van der Waals surface area contributed by atoms with Crippen LogP contribution in [0.5, 0.6) is 0 Å². The van der Waals surface area contributed by atoms with Gasteiger partial charge in [-0.05, 0) is 71.5 Å². The molecule has 0 bridgehead atoms. The Morgan fingerprint density at radius 3 is 1.05 bits per heavy atom. The second-order valence-corrected chi connectivity index (χ2v) is 24.2. The van der Waals surface area contributed by atoms with Crippen LogP contribution >= 0.6 is 0 Å². The van der Waals surface area contributed by atoms with Gasteiger partial charge in [0.1, 0.15) is 17.7 Å². The zero-order chi connectivity index (χ0) is 72.7. The fourth-order valence-corrected chi connectivity index (χ4v) is 10.1. The number of alkyl halides is 24. The molecule has 13 nitrogen and oxygen atoms in total. The van der Waals surface area contributed by atoms with Crippen molar-refractivity contribution in [1.29, 1.82) is 10.5 Å². The summed E-state index contributed by atoms with van der Waals surface area (Å²) in [6, 6.07) is 1.99. The summed E-state index contributed by atoms with van der Waals surface area (Å²) < 4.78 is 357. The molecule has 0 unspecified atom stereocenters. The van der Waals surface area contributed by atoms with E-state index in [2.05, 4.69) is 35.3 Å². The van der Waals surface area contributed by atoms with Crippen LogP contribution in [-0.4, -0.2) is 149 Å². The molecular weight excluding hydrogens is 1330 g/mol. The van der Waals surface area contributed by atoms with E-state index < -0.39 is 159 Å². The van der Waals surface area contributed by atoms with Gasteiger partial charge in [0, 0.05) is 63.3 Å². The fourth-order valence-electron chi connectivity index (χ4n) is 10.1. The summed E-state index contributed by atoms with van der Waals surface area (Å²) in [4.78, 5) is 12.5. The number of rotatable bonds is 30. The molecule has 0 aromatic heterocycles. The number of nitrogens with one attached hydrogen (secondary N) is 3. The van der Waals surface area contributed by atoms with Crippen LogP contribution in [0.1, 0.15) is 87.0 Å². The molecule has 0 spiro atoms. The summed E-state index contributed by atoms with van der Waals surface area (Å²) in [6.45, 7) is 34.9. The van der Waals surface area contributed by atoms with Gasteiger partial charge in [0.15, 0.2) is 11.4 Å². The average Bonchev–Trinajstić information content (AvgIpc) is 0.738. The summed E-state index contributed by atoms with van der Waals surface area (Å²) in [5.41, 5.74) is -17.6. The number of allylic oxidation sites excluding steroid dienone is 10. The van der Waals surface area contributed by atoms with Gasteiger partial charge in [-0.1, -0.05) is 41.5 Å². The monoisotopic (exact) mass is 1390 g/mol. The van der Waals surface area contributed by atoms with Gasteiger partial charge in [-0.2, -0.15) is 89.6 Å². The largest absolute Gasteiger partial charge is 0.460 e. The van der Waals surface area contributed by atoms with E-state index >= 15 is 26.3 Å². The normalized spacial score (nSPS) is 19.7. The Kier molecular flexibility index (Phi) is 25.1. The first-order valence-corrected chi connectivity index (χ1v) is 27.5. The quantitative estimate of drug-likeness (QED) is 0.0278. The molecule has 3 aliphatic carbocycles. The topological polar surface area (TPSA) is 132 Å². The van der Waals surface area contributed by atoms with E-state index in [9.17, 15) is 89.6 Å². The van der Waals surface area contributed by atoms with Crippen LogP contribution in [0.15, 0.2) is 67.7 Å². The molecule has 0 heterocycles. The average molecular weight is 1390 g/mol. The molecule has 0 saturated heterocycles. The molecule has 37 heteroatoms. The number of ether oxygens (including phenoxy) is 3. The Bertz CT molecular complexity index is 3110. The minimum absolute atomic E-state index is 0.0330. The molecule has 3 rings (SSSR count). The second-order valence-electron chi connectivity index (χ2n) is 24.2. The molecule has 94 heavy (non-hydrogen) atoms. The molecule has 0 radical (unpaired) electrons. The van der Waals surface area contributed by atoms with Crippen molar-refractivity contribution < 1.29 is 120 Å². The number of nitriles is 2. The third-order valence-corrected chi connectivity index (χ3v) is 14.8. The second kappa shape index (κ2) is 29.1. The number of hydrogen-bond donors (Lipinski definition) is 3. The van der Waals surface area contributed by atoms with E-state index in [1.54, 1.807) is 4.90 Å². The zero-order valence-electron chi connectivity index (χ0n) is 50.7. The third-order valence-electron chi connectivity index (χ3n) is 14.8. The fraction of sp³-hybridized carbons (Fsp3) is 0.684. The van der Waals surface area contributed by atoms with Crippen molar-refractivity contribution >= 4 is 0 Å². The van der Waals surface area contributed by atoms with Crippen LogP contribution in [-0.2, 0) is 14.2 Å². The van der Waals surface area contributed by atoms with Gasteiger partial charge in [-0.3, -0.25) is 4.90 Å². The summed E-state index contributed by atoms with van der Waals surface area (Å²) >= 11 is 0. The first kappa shape index (κ1) is 81.2. The summed E-state index contributed by atoms with van der Waals surface area (Å²) in [6.07, 6.45) is -17.3. The number of halogens is 24. The molecule has 0 atom stereocenters. The maximum atomic E-state index is 15.2. The first-order chi connectivity index (χ1) is 42.6. The lowest BCUT2D eigenvalue weighted by molar-refractivity contribution is -0.389. The van der Waals surface area contributed by atoms with Gasteiger partial charge < -0.3 is 30.2 Å². The van der Waals surface area contributed by atoms with Crippen molar-refractivity contribution in [3.63, 3.8) is 0 Å². The SMILES string of the molecule is [C-]#[N+]C1=C(NCCOCCN(CCOCCNC2=C([N+]#[C-])/C(=C(\[N+]#[C-])C(F)(F)C(F)(F)C(F)(F)C(F)(F)F)CC(C)(C)C2)CCOCCNC2=C(C#N)/C(=C(\C#N)C(F)(F)C(F)(F)C(F)(F)C(F)(F)F)CC(C)(C)C2)CC(C)(C)C/C1=C(/[N+]#[C-])C(F)(F)C(F)(F)C(C)(F)F. The Labute approximate surface area is 523 Å². The van der Waals surface area contributed by atoms with Crippen molar-refractivity contribution in [2.45, 2.75) is 153 Å². The van der Waals surface area contributed by atoms with Gasteiger partial charge in [0.05, 0.1) is 71.5 Å². The molecular formula is C57H60F24N10O3. The van der Waals surface area contributed by atoms with Crippen LogP contribution in [0, 0.1) is 65.2 Å². The van der Waals surface area contributed by atoms with Crippen LogP contribution in [0.2, 0.25) is 0 Å². The zero-order valence-corrected chi connectivity index (χ0v) is 50.7. The lowest BCUT2D eigenvalue weighted by Gasteiger charge is -2.37. The van der Waals surface area contributed by atoms with Crippen molar-refractivity contribution in [2.75, 3.05) is 78.9 Å². The molecule has 0 fully saturated rings. The van der Waals surface area contributed by atoms with Gasteiger partial charge in [-0.15, -0.1) is 0 Å². The predicted molar refractivity (Wildman–Crippen MR) is 284 cm³/mol. The molecule has 524 valence electrons. The van der Waals surface area contributed by atoms with Crippen molar-refractivity contribution in [3.8, 4) is 12.1 Å². The highest BCUT2D eigenvalue weighted by molar-refractivity contribution is 5.56. The number of nitrogens with zero attached hydrogens (tertiary/aromatic N) is 7. The maximum absolute atomic E-state index is 15.2. The maximum Gasteiger partial charge on any atom is 0.460 e. The van der Waals surface area contributed by atoms with Crippen molar-refractivity contribution in [1.82, 2.24) is 20.9 Å². The van der Waals surface area contributed by atoms with Crippen LogP contribution in [0.25, 0.3) is 19.4 Å². The van der Waals surface area contributed by atoms with E-state index in [0.717, 1.165) is 0 Å². The highest BCUT2D eigenvalue weighted by atomic mass is 19.4. The lowest BCUT2D eigenvalue weighted by atomic mass is 9.72. The van der Waals surface area contributed by atoms with Gasteiger partial charge in [-0.25, -0.2) is 45.7 Å². The first-order valence-electron chi connectivity index (χ1n) is 27.5. The van der Waals surface area contributed by atoms with Crippen LogP contribution in [0.3, 0.4) is 0 Å². The van der Waals surface area contributed by atoms with Crippen molar-refractivity contribution in [3.05, 3.63) is 113 Å². The van der Waals surface area contributed by atoms with E-state index in [0.29, 0.717) is 6.07 Å². The Balaban J connectivity index is 1.89. The van der Waals surface area contributed by atoms with E-state index in [1.165, 1.54) is 47.6 Å². The predicted octanol–water partition coefficient (Wildman–Crippen LogP) is 15.6. The van der Waals surface area contributed by atoms with E-state index in [-0.39, 0.29) is 115 Å². The van der Waals surface area contributed by atoms with Crippen molar-refractivity contribution in [2.24, 2.45) is 16.2 Å². The van der Waals surface area contributed by atoms with Crippen LogP contribution in [0.4, 0.5) is 105 Å².